The Bertz CT molecular complexity index is 895. The lowest BCUT2D eigenvalue weighted by Gasteiger charge is -2.08. The molecule has 6 heteroatoms. The monoisotopic (exact) mass is 364 g/mol. The van der Waals surface area contributed by atoms with Crippen LogP contribution < -0.4 is 10.6 Å². The van der Waals surface area contributed by atoms with E-state index in [1.165, 1.54) is 24.0 Å². The predicted molar refractivity (Wildman–Crippen MR) is 104 cm³/mol. The third-order valence-corrected chi connectivity index (χ3v) is 4.17. The van der Waals surface area contributed by atoms with Crippen LogP contribution in [0.4, 0.5) is 16.0 Å². The summed E-state index contributed by atoms with van der Waals surface area (Å²) in [5.41, 5.74) is 2.94. The van der Waals surface area contributed by atoms with E-state index < -0.39 is 0 Å². The van der Waals surface area contributed by atoms with E-state index in [0.717, 1.165) is 12.1 Å². The van der Waals surface area contributed by atoms with Crippen molar-refractivity contribution >= 4 is 17.5 Å². The third kappa shape index (κ3) is 5.10. The van der Waals surface area contributed by atoms with Gasteiger partial charge in [0.25, 0.3) is 5.91 Å². The van der Waals surface area contributed by atoms with Gasteiger partial charge in [0.05, 0.1) is 5.56 Å². The van der Waals surface area contributed by atoms with Crippen molar-refractivity contribution in [2.45, 2.75) is 19.8 Å². The van der Waals surface area contributed by atoms with E-state index in [4.69, 9.17) is 0 Å². The molecule has 0 spiro atoms. The van der Waals surface area contributed by atoms with Gasteiger partial charge in [-0.25, -0.2) is 14.4 Å². The van der Waals surface area contributed by atoms with E-state index in [2.05, 4.69) is 27.5 Å². The number of carbonyl (C=O) groups excluding carboxylic acids is 1. The molecule has 5 nitrogen and oxygen atoms in total. The van der Waals surface area contributed by atoms with Gasteiger partial charge in [0.15, 0.2) is 0 Å². The Morgan fingerprint density at radius 1 is 1.04 bits per heavy atom. The van der Waals surface area contributed by atoms with Gasteiger partial charge in [0.2, 0.25) is 5.95 Å². The van der Waals surface area contributed by atoms with E-state index in [1.54, 1.807) is 18.2 Å². The van der Waals surface area contributed by atoms with Crippen molar-refractivity contribution in [3.63, 3.8) is 0 Å². The maximum atomic E-state index is 13.6. The summed E-state index contributed by atoms with van der Waals surface area (Å²) >= 11 is 0. The Kier molecular flexibility index (Phi) is 6.10. The molecule has 0 atom stereocenters. The molecule has 0 aliphatic carbocycles. The van der Waals surface area contributed by atoms with Gasteiger partial charge < -0.3 is 10.6 Å². The largest absolute Gasteiger partial charge is 0.354 e. The number of amides is 1. The molecule has 0 aliphatic heterocycles. The van der Waals surface area contributed by atoms with Crippen molar-refractivity contribution in [1.82, 2.24) is 9.97 Å². The standard InChI is InChI=1S/C21H21FN4O/c1-2-15-7-9-18(10-8-15)26-20(27)17-13-24-21(25-14-17)23-12-11-16-5-3-4-6-19(16)22/h3-10,13-14H,2,11-12H2,1H3,(H,26,27)(H,23,24,25). The van der Waals surface area contributed by atoms with Crippen molar-refractivity contribution in [2.75, 3.05) is 17.2 Å². The molecule has 0 bridgehead atoms. The summed E-state index contributed by atoms with van der Waals surface area (Å²) in [5, 5.41) is 5.85. The minimum atomic E-state index is -0.267. The molecule has 0 aliphatic rings. The summed E-state index contributed by atoms with van der Waals surface area (Å²) in [7, 11) is 0. The summed E-state index contributed by atoms with van der Waals surface area (Å²) in [6, 6.07) is 14.4. The lowest BCUT2D eigenvalue weighted by molar-refractivity contribution is 0.102. The molecule has 0 fully saturated rings. The topological polar surface area (TPSA) is 66.9 Å². The van der Waals surface area contributed by atoms with Crippen LogP contribution in [0.15, 0.2) is 60.9 Å². The van der Waals surface area contributed by atoms with Gasteiger partial charge in [-0.05, 0) is 42.2 Å². The maximum Gasteiger partial charge on any atom is 0.258 e. The number of aromatic nitrogens is 2. The van der Waals surface area contributed by atoms with Crippen molar-refractivity contribution in [3.8, 4) is 0 Å². The summed E-state index contributed by atoms with van der Waals surface area (Å²) in [4.78, 5) is 20.6. The van der Waals surface area contributed by atoms with Crippen LogP contribution in [0.2, 0.25) is 0 Å². The highest BCUT2D eigenvalue weighted by Gasteiger charge is 2.08. The Labute approximate surface area is 157 Å². The molecule has 2 N–H and O–H groups in total. The Morgan fingerprint density at radius 2 is 1.74 bits per heavy atom. The van der Waals surface area contributed by atoms with Crippen LogP contribution in [0, 0.1) is 5.82 Å². The Morgan fingerprint density at radius 3 is 2.41 bits per heavy atom. The fraction of sp³-hybridized carbons (Fsp3) is 0.190. The zero-order valence-corrected chi connectivity index (χ0v) is 15.1. The second-order valence-electron chi connectivity index (χ2n) is 6.07. The van der Waals surface area contributed by atoms with Crippen molar-refractivity contribution < 1.29 is 9.18 Å². The predicted octanol–water partition coefficient (Wildman–Crippen LogP) is 4.09. The second kappa shape index (κ2) is 8.89. The highest BCUT2D eigenvalue weighted by molar-refractivity contribution is 6.03. The molecular weight excluding hydrogens is 343 g/mol. The van der Waals surface area contributed by atoms with E-state index in [9.17, 15) is 9.18 Å². The molecule has 1 aromatic heterocycles. The molecule has 138 valence electrons. The highest BCUT2D eigenvalue weighted by Crippen LogP contribution is 2.12. The first kappa shape index (κ1) is 18.5. The Hall–Kier alpha value is -3.28. The maximum absolute atomic E-state index is 13.6. The molecule has 3 rings (SSSR count). The molecule has 1 amide bonds. The van der Waals surface area contributed by atoms with Crippen LogP contribution in [0.25, 0.3) is 0 Å². The van der Waals surface area contributed by atoms with Gasteiger partial charge in [0, 0.05) is 24.6 Å². The zero-order valence-electron chi connectivity index (χ0n) is 15.1. The molecule has 1 heterocycles. The lowest BCUT2D eigenvalue weighted by atomic mass is 10.1. The molecule has 27 heavy (non-hydrogen) atoms. The third-order valence-electron chi connectivity index (χ3n) is 4.17. The van der Waals surface area contributed by atoms with Crippen LogP contribution in [-0.4, -0.2) is 22.4 Å². The number of hydrogen-bond acceptors (Lipinski definition) is 4. The summed E-state index contributed by atoms with van der Waals surface area (Å²) in [6.45, 7) is 2.58. The summed E-state index contributed by atoms with van der Waals surface area (Å²) in [6.07, 6.45) is 4.40. The average Bonchev–Trinajstić information content (AvgIpc) is 2.70. The molecule has 0 saturated heterocycles. The first-order chi connectivity index (χ1) is 13.2. The summed E-state index contributed by atoms with van der Waals surface area (Å²) < 4.78 is 13.6. The van der Waals surface area contributed by atoms with Gasteiger partial charge in [-0.2, -0.15) is 0 Å². The number of benzene rings is 2. The fourth-order valence-electron chi connectivity index (χ4n) is 2.57. The first-order valence-corrected chi connectivity index (χ1v) is 8.85. The number of hydrogen-bond donors (Lipinski definition) is 2. The number of anilines is 2. The molecule has 3 aromatic rings. The Balaban J connectivity index is 1.53. The van der Waals surface area contributed by atoms with Crippen molar-refractivity contribution in [1.29, 1.82) is 0 Å². The summed E-state index contributed by atoms with van der Waals surface area (Å²) in [5.74, 6) is -0.0912. The SMILES string of the molecule is CCc1ccc(NC(=O)c2cnc(NCCc3ccccc3F)nc2)cc1. The van der Waals surface area contributed by atoms with Gasteiger partial charge in [0.1, 0.15) is 5.82 Å². The van der Waals surface area contributed by atoms with E-state index in [0.29, 0.717) is 30.0 Å². The molecule has 0 unspecified atom stereocenters. The lowest BCUT2D eigenvalue weighted by Crippen LogP contribution is -2.14. The molecular formula is C21H21FN4O. The minimum Gasteiger partial charge on any atom is -0.354 e. The van der Waals surface area contributed by atoms with Crippen LogP contribution in [0.1, 0.15) is 28.4 Å². The minimum absolute atomic E-state index is 0.223. The molecule has 2 aromatic carbocycles. The van der Waals surface area contributed by atoms with Crippen LogP contribution >= 0.6 is 0 Å². The van der Waals surface area contributed by atoms with Gasteiger partial charge in [-0.15, -0.1) is 0 Å². The molecule has 0 saturated carbocycles. The quantitative estimate of drug-likeness (QED) is 0.663. The van der Waals surface area contributed by atoms with E-state index in [1.807, 2.05) is 24.3 Å². The average molecular weight is 364 g/mol. The van der Waals surface area contributed by atoms with Crippen LogP contribution in [0.3, 0.4) is 0 Å². The number of halogens is 1. The smallest absolute Gasteiger partial charge is 0.258 e. The fourth-order valence-corrected chi connectivity index (χ4v) is 2.57. The first-order valence-electron chi connectivity index (χ1n) is 8.85. The number of carbonyl (C=O) groups is 1. The van der Waals surface area contributed by atoms with Crippen LogP contribution in [-0.2, 0) is 12.8 Å². The van der Waals surface area contributed by atoms with Crippen molar-refractivity contribution in [2.24, 2.45) is 0 Å². The number of nitrogens with zero attached hydrogens (tertiary/aromatic N) is 2. The van der Waals surface area contributed by atoms with Gasteiger partial charge >= 0.3 is 0 Å². The molecule has 0 radical (unpaired) electrons. The second-order valence-corrected chi connectivity index (χ2v) is 6.07. The van der Waals surface area contributed by atoms with Gasteiger partial charge in [-0.1, -0.05) is 37.3 Å². The van der Waals surface area contributed by atoms with Crippen LogP contribution in [0.5, 0.6) is 0 Å². The zero-order chi connectivity index (χ0) is 19.1. The normalized spacial score (nSPS) is 10.4. The number of nitrogens with one attached hydrogen (secondary N) is 2. The van der Waals surface area contributed by atoms with E-state index >= 15 is 0 Å². The van der Waals surface area contributed by atoms with E-state index in [-0.39, 0.29) is 11.7 Å². The number of aryl methyl sites for hydroxylation is 1. The van der Waals surface area contributed by atoms with Gasteiger partial charge in [-0.3, -0.25) is 4.79 Å². The number of rotatable bonds is 7. The highest BCUT2D eigenvalue weighted by atomic mass is 19.1. The van der Waals surface area contributed by atoms with Crippen molar-refractivity contribution in [3.05, 3.63) is 83.4 Å².